The maximum absolute atomic E-state index is 13.3. The number of hydrogen-bond donors (Lipinski definition) is 1. The van der Waals surface area contributed by atoms with Gasteiger partial charge < -0.3 is 9.47 Å². The Bertz CT molecular complexity index is 455. The predicted molar refractivity (Wildman–Crippen MR) is 68.1 cm³/mol. The molecule has 0 aromatic heterocycles. The van der Waals surface area contributed by atoms with Gasteiger partial charge in [0.1, 0.15) is 17.7 Å². The Hall–Kier alpha value is -1.53. The Morgan fingerprint density at radius 1 is 1.45 bits per heavy atom. The van der Waals surface area contributed by atoms with Gasteiger partial charge in [0.2, 0.25) is 0 Å². The number of rotatable bonds is 5. The van der Waals surface area contributed by atoms with Crippen molar-refractivity contribution in [3.63, 3.8) is 0 Å². The minimum Gasteiger partial charge on any atom is -0.468 e. The second-order valence-corrected chi connectivity index (χ2v) is 4.70. The second-order valence-electron chi connectivity index (χ2n) is 4.70. The van der Waals surface area contributed by atoms with Gasteiger partial charge in [-0.2, -0.15) is 0 Å². The van der Waals surface area contributed by atoms with Crippen molar-refractivity contribution in [1.82, 2.24) is 5.32 Å². The normalized spacial score (nSPS) is 19.9. The van der Waals surface area contributed by atoms with Crippen LogP contribution in [0.2, 0.25) is 0 Å². The van der Waals surface area contributed by atoms with Crippen LogP contribution >= 0.6 is 0 Å². The highest BCUT2D eigenvalue weighted by Crippen LogP contribution is 2.19. The first-order chi connectivity index (χ1) is 9.60. The summed E-state index contributed by atoms with van der Waals surface area (Å²) < 4.78 is 36.6. The van der Waals surface area contributed by atoms with Gasteiger partial charge in [-0.05, 0) is 30.5 Å². The molecule has 1 aliphatic heterocycles. The van der Waals surface area contributed by atoms with E-state index in [0.29, 0.717) is 13.2 Å². The number of carbonyl (C=O) groups excluding carboxylic acids is 1. The zero-order valence-electron chi connectivity index (χ0n) is 11.2. The molecule has 2 rings (SSSR count). The average Bonchev–Trinajstić information content (AvgIpc) is 2.90. The fourth-order valence-electron chi connectivity index (χ4n) is 2.25. The zero-order valence-corrected chi connectivity index (χ0v) is 11.2. The van der Waals surface area contributed by atoms with Crippen LogP contribution in [0.25, 0.3) is 0 Å². The van der Waals surface area contributed by atoms with E-state index in [0.717, 1.165) is 31.0 Å². The third-order valence-electron chi connectivity index (χ3n) is 3.23. The number of ether oxygens (including phenoxy) is 2. The van der Waals surface area contributed by atoms with Crippen molar-refractivity contribution < 1.29 is 23.0 Å². The summed E-state index contributed by atoms with van der Waals surface area (Å²) >= 11 is 0. The molecule has 2 atom stereocenters. The molecule has 1 saturated heterocycles. The zero-order chi connectivity index (χ0) is 14.5. The first-order valence-corrected chi connectivity index (χ1v) is 6.49. The summed E-state index contributed by atoms with van der Waals surface area (Å²) in [6.07, 6.45) is 1.89. The van der Waals surface area contributed by atoms with E-state index >= 15 is 0 Å². The molecule has 1 aliphatic rings. The molecule has 1 heterocycles. The quantitative estimate of drug-likeness (QED) is 0.840. The lowest BCUT2D eigenvalue weighted by molar-refractivity contribution is -0.143. The molecular formula is C14H17F2NO3. The summed E-state index contributed by atoms with van der Waals surface area (Å²) in [6.45, 7) is 1.13. The standard InChI is InChI=1S/C14H17F2NO3/c1-19-14(18)13(17-8-12-3-2-4-20-12)9-5-10(15)7-11(16)6-9/h5-7,12-13,17H,2-4,8H2,1H3. The topological polar surface area (TPSA) is 47.6 Å². The van der Waals surface area contributed by atoms with Crippen molar-refractivity contribution in [2.75, 3.05) is 20.3 Å². The second kappa shape index (κ2) is 6.76. The fourth-order valence-corrected chi connectivity index (χ4v) is 2.25. The number of carbonyl (C=O) groups is 1. The van der Waals surface area contributed by atoms with Gasteiger partial charge in [0, 0.05) is 19.2 Å². The summed E-state index contributed by atoms with van der Waals surface area (Å²) in [5.74, 6) is -2.05. The monoisotopic (exact) mass is 285 g/mol. The molecule has 0 spiro atoms. The van der Waals surface area contributed by atoms with E-state index in [9.17, 15) is 13.6 Å². The van der Waals surface area contributed by atoms with E-state index < -0.39 is 23.6 Å². The molecule has 110 valence electrons. The van der Waals surface area contributed by atoms with Gasteiger partial charge in [-0.15, -0.1) is 0 Å². The Labute approximate surface area is 116 Å². The van der Waals surface area contributed by atoms with E-state index in [2.05, 4.69) is 10.1 Å². The molecule has 1 aromatic carbocycles. The maximum Gasteiger partial charge on any atom is 0.327 e. The third kappa shape index (κ3) is 3.74. The van der Waals surface area contributed by atoms with Crippen LogP contribution in [0.3, 0.4) is 0 Å². The molecule has 1 N–H and O–H groups in total. The molecule has 2 unspecified atom stereocenters. The molecule has 4 nitrogen and oxygen atoms in total. The first-order valence-electron chi connectivity index (χ1n) is 6.49. The van der Waals surface area contributed by atoms with Crippen molar-refractivity contribution in [2.24, 2.45) is 0 Å². The fraction of sp³-hybridized carbons (Fsp3) is 0.500. The number of halogens is 2. The van der Waals surface area contributed by atoms with Gasteiger partial charge in [0.05, 0.1) is 13.2 Å². The van der Waals surface area contributed by atoms with E-state index in [1.807, 2.05) is 0 Å². The molecule has 0 amide bonds. The lowest BCUT2D eigenvalue weighted by Gasteiger charge is -2.19. The van der Waals surface area contributed by atoms with Gasteiger partial charge >= 0.3 is 5.97 Å². The molecule has 6 heteroatoms. The number of hydrogen-bond acceptors (Lipinski definition) is 4. The molecular weight excluding hydrogens is 268 g/mol. The molecule has 0 bridgehead atoms. The van der Waals surface area contributed by atoms with Crippen molar-refractivity contribution in [3.05, 3.63) is 35.4 Å². The summed E-state index contributed by atoms with van der Waals surface area (Å²) in [7, 11) is 1.23. The average molecular weight is 285 g/mol. The van der Waals surface area contributed by atoms with Crippen LogP contribution in [0.1, 0.15) is 24.4 Å². The van der Waals surface area contributed by atoms with Crippen LogP contribution in [-0.2, 0) is 14.3 Å². The van der Waals surface area contributed by atoms with Crippen LogP contribution in [-0.4, -0.2) is 32.3 Å². The van der Waals surface area contributed by atoms with Crippen molar-refractivity contribution in [1.29, 1.82) is 0 Å². The SMILES string of the molecule is COC(=O)C(NCC1CCCO1)c1cc(F)cc(F)c1. The minimum atomic E-state index is -0.908. The lowest BCUT2D eigenvalue weighted by atomic mass is 10.1. The largest absolute Gasteiger partial charge is 0.468 e. The molecule has 1 fully saturated rings. The summed E-state index contributed by atoms with van der Waals surface area (Å²) in [5.41, 5.74) is 0.201. The van der Waals surface area contributed by atoms with Gasteiger partial charge in [0.25, 0.3) is 0 Å². The Morgan fingerprint density at radius 3 is 2.70 bits per heavy atom. The van der Waals surface area contributed by atoms with Crippen molar-refractivity contribution >= 4 is 5.97 Å². The highest BCUT2D eigenvalue weighted by atomic mass is 19.1. The number of esters is 1. The number of methoxy groups -OCH3 is 1. The van der Waals surface area contributed by atoms with Crippen molar-refractivity contribution in [3.8, 4) is 0 Å². The van der Waals surface area contributed by atoms with Crippen LogP contribution < -0.4 is 5.32 Å². The Balaban J connectivity index is 2.11. The molecule has 0 saturated carbocycles. The van der Waals surface area contributed by atoms with Crippen molar-refractivity contribution in [2.45, 2.75) is 25.0 Å². The first kappa shape index (κ1) is 14.9. The number of nitrogens with one attached hydrogen (secondary N) is 1. The summed E-state index contributed by atoms with van der Waals surface area (Å²) in [4.78, 5) is 11.8. The number of benzene rings is 1. The van der Waals surface area contributed by atoms with E-state index in [-0.39, 0.29) is 11.7 Å². The van der Waals surface area contributed by atoms with Crippen LogP contribution in [0.15, 0.2) is 18.2 Å². The lowest BCUT2D eigenvalue weighted by Crippen LogP contribution is -2.35. The van der Waals surface area contributed by atoms with Crippen LogP contribution in [0.4, 0.5) is 8.78 Å². The molecule has 1 aromatic rings. The minimum absolute atomic E-state index is 0.0144. The van der Waals surface area contributed by atoms with E-state index in [4.69, 9.17) is 4.74 Å². The van der Waals surface area contributed by atoms with Gasteiger partial charge in [-0.1, -0.05) is 0 Å². The Kier molecular flexibility index (Phi) is 5.03. The van der Waals surface area contributed by atoms with Gasteiger partial charge in [0.15, 0.2) is 0 Å². The highest BCUT2D eigenvalue weighted by molar-refractivity contribution is 5.77. The van der Waals surface area contributed by atoms with E-state index in [1.54, 1.807) is 0 Å². The summed E-state index contributed by atoms with van der Waals surface area (Å²) in [5, 5.41) is 2.95. The molecule has 20 heavy (non-hydrogen) atoms. The Morgan fingerprint density at radius 2 is 2.15 bits per heavy atom. The predicted octanol–water partition coefficient (Wildman–Crippen LogP) is 1.95. The van der Waals surface area contributed by atoms with Crippen LogP contribution in [0.5, 0.6) is 0 Å². The summed E-state index contributed by atoms with van der Waals surface area (Å²) in [6, 6.07) is 2.09. The molecule has 0 radical (unpaired) electrons. The van der Waals surface area contributed by atoms with Gasteiger partial charge in [-0.25, -0.2) is 13.6 Å². The third-order valence-corrected chi connectivity index (χ3v) is 3.23. The van der Waals surface area contributed by atoms with Gasteiger partial charge in [-0.3, -0.25) is 5.32 Å². The van der Waals surface area contributed by atoms with E-state index in [1.165, 1.54) is 7.11 Å². The highest BCUT2D eigenvalue weighted by Gasteiger charge is 2.24. The van der Waals surface area contributed by atoms with Crippen LogP contribution in [0, 0.1) is 11.6 Å². The smallest absolute Gasteiger partial charge is 0.327 e. The maximum atomic E-state index is 13.3. The molecule has 0 aliphatic carbocycles.